The number of hydrogen-bond donors (Lipinski definition) is 2. The van der Waals surface area contributed by atoms with Gasteiger partial charge in [0.1, 0.15) is 30.8 Å². The highest BCUT2D eigenvalue weighted by molar-refractivity contribution is 6.98. The number of carbonyl (C=O) groups is 2. The van der Waals surface area contributed by atoms with E-state index in [9.17, 15) is 25.1 Å². The number of ketones is 1. The van der Waals surface area contributed by atoms with E-state index in [0.717, 1.165) is 6.92 Å². The Balaban J connectivity index is 2.30. The lowest BCUT2D eigenvalue weighted by atomic mass is 9.82. The molecule has 0 spiro atoms. The number of rotatable bonds is 3. The summed E-state index contributed by atoms with van der Waals surface area (Å²) in [5, 5.41) is 30.5. The smallest absolute Gasteiger partial charge is 0.343 e. The van der Waals surface area contributed by atoms with Crippen LogP contribution in [0.5, 0.6) is 5.75 Å². The van der Waals surface area contributed by atoms with Crippen molar-refractivity contribution in [3.63, 3.8) is 0 Å². The number of nitriles is 1. The summed E-state index contributed by atoms with van der Waals surface area (Å²) in [6, 6.07) is 5.59. The van der Waals surface area contributed by atoms with Gasteiger partial charge in [0.25, 0.3) is 0 Å². The molecule has 10 heteroatoms. The van der Waals surface area contributed by atoms with Crippen LogP contribution in [0.15, 0.2) is 47.2 Å². The van der Waals surface area contributed by atoms with Gasteiger partial charge in [-0.3, -0.25) is 9.64 Å². The Morgan fingerprint density at radius 3 is 2.42 bits per heavy atom. The zero-order chi connectivity index (χ0) is 26.7. The summed E-state index contributed by atoms with van der Waals surface area (Å²) in [6.07, 6.45) is 3.88. The molecule has 0 saturated heterocycles. The molecule has 2 N–H and O–H groups in total. The molecule has 180 valence electrons. The molecule has 2 aromatic rings. The molecule has 0 saturated carbocycles. The van der Waals surface area contributed by atoms with Crippen molar-refractivity contribution in [1.29, 1.82) is 5.26 Å². The molecule has 1 heterocycles. The second kappa shape index (κ2) is 8.07. The van der Waals surface area contributed by atoms with Gasteiger partial charge in [0.15, 0.2) is 23.5 Å². The van der Waals surface area contributed by atoms with Crippen LogP contribution in [0.4, 0.5) is 13.2 Å². The highest BCUT2D eigenvalue weighted by atomic mass is 28.3. The maximum atomic E-state index is 16.2. The van der Waals surface area contributed by atoms with Gasteiger partial charge in [0.2, 0.25) is 0 Å². The first kappa shape index (κ1) is 24.7. The first-order valence-electron chi connectivity index (χ1n) is 10.6. The standard InChI is InChI=1S/C26H17F3N2O4Si/c1-26(11-30,31-2)21-22(27)19(20(25(34)35)23(28)24(21)29)18-14-7-5-12(32)9-16(14)36(3,4)17-10-13(33)6-8-15(17)18/h5-10,32H,1,3-4H3,(H,34,35). The van der Waals surface area contributed by atoms with E-state index in [1.807, 2.05) is 13.1 Å². The molecule has 1 aliphatic heterocycles. The fraction of sp³-hybridized carbons (Fsp3) is 0.154. The van der Waals surface area contributed by atoms with Crippen LogP contribution in [0.1, 0.15) is 34.0 Å². The third-order valence-electron chi connectivity index (χ3n) is 6.59. The van der Waals surface area contributed by atoms with Crippen LogP contribution in [0.25, 0.3) is 10.4 Å². The first-order chi connectivity index (χ1) is 16.8. The topological polar surface area (TPSA) is 103 Å². The van der Waals surface area contributed by atoms with Crippen LogP contribution >= 0.6 is 0 Å². The van der Waals surface area contributed by atoms with Crippen LogP contribution in [0.3, 0.4) is 0 Å². The molecule has 1 unspecified atom stereocenters. The van der Waals surface area contributed by atoms with Gasteiger partial charge in [0, 0.05) is 12.5 Å². The molecule has 36 heavy (non-hydrogen) atoms. The van der Waals surface area contributed by atoms with E-state index in [1.54, 1.807) is 0 Å². The number of carbonyl (C=O) groups excluding carboxylic acids is 1. The summed E-state index contributed by atoms with van der Waals surface area (Å²) in [4.78, 5) is 27.4. The number of phenolic OH excluding ortho intramolecular Hbond substituents is 1. The fourth-order valence-corrected chi connectivity index (χ4v) is 7.81. The van der Waals surface area contributed by atoms with Gasteiger partial charge in [0.05, 0.1) is 0 Å². The van der Waals surface area contributed by atoms with Crippen molar-refractivity contribution in [2.75, 3.05) is 0 Å². The van der Waals surface area contributed by atoms with Gasteiger partial charge >= 0.3 is 11.5 Å². The molecule has 4 rings (SSSR count). The molecule has 2 aromatic carbocycles. The molecule has 0 radical (unpaired) electrons. The number of benzene rings is 2. The van der Waals surface area contributed by atoms with Crippen LogP contribution in [0, 0.1) is 35.4 Å². The third kappa shape index (κ3) is 3.30. The average Bonchev–Trinajstić information content (AvgIpc) is 2.82. The second-order valence-electron chi connectivity index (χ2n) is 9.11. The number of aromatic hydroxyl groups is 1. The monoisotopic (exact) mass is 506 g/mol. The summed E-state index contributed by atoms with van der Waals surface area (Å²) in [5.74, 6) is -7.90. The van der Waals surface area contributed by atoms with Crippen molar-refractivity contribution in [3.05, 3.63) is 98.3 Å². The maximum Gasteiger partial charge on any atom is 0.343 e. The van der Waals surface area contributed by atoms with Gasteiger partial charge in [-0.1, -0.05) is 25.2 Å². The minimum absolute atomic E-state index is 0.134. The zero-order valence-corrected chi connectivity index (χ0v) is 20.2. The van der Waals surface area contributed by atoms with Crippen LogP contribution in [-0.4, -0.2) is 30.0 Å². The van der Waals surface area contributed by atoms with Crippen molar-refractivity contribution >= 4 is 30.6 Å². The number of carboxylic acids is 1. The van der Waals surface area contributed by atoms with E-state index in [2.05, 4.69) is 4.85 Å². The molecule has 0 amide bonds. The van der Waals surface area contributed by atoms with Gasteiger partial charge in [-0.2, -0.15) is 5.26 Å². The quantitative estimate of drug-likeness (QED) is 0.363. The number of halogens is 3. The minimum Gasteiger partial charge on any atom is -0.508 e. The summed E-state index contributed by atoms with van der Waals surface area (Å²) in [7, 11) is -2.74. The van der Waals surface area contributed by atoms with E-state index >= 15 is 13.2 Å². The highest BCUT2D eigenvalue weighted by Crippen LogP contribution is 2.46. The normalized spacial score (nSPS) is 17.3. The van der Waals surface area contributed by atoms with Crippen molar-refractivity contribution in [3.8, 4) is 11.8 Å². The number of carboxylic acid groups (broad SMARTS) is 1. The Labute approximate surface area is 204 Å². The average molecular weight is 507 g/mol. The lowest BCUT2D eigenvalue weighted by Crippen LogP contribution is -2.49. The van der Waals surface area contributed by atoms with Gasteiger partial charge in [-0.25, -0.2) is 24.5 Å². The van der Waals surface area contributed by atoms with Crippen molar-refractivity contribution in [2.45, 2.75) is 25.6 Å². The number of allylic oxidation sites excluding steroid dienone is 5. The number of hydrogen-bond acceptors (Lipinski definition) is 4. The summed E-state index contributed by atoms with van der Waals surface area (Å²) >= 11 is 0. The fourth-order valence-electron chi connectivity index (χ4n) is 4.75. The van der Waals surface area contributed by atoms with Crippen molar-refractivity contribution in [2.24, 2.45) is 0 Å². The molecule has 0 bridgehead atoms. The van der Waals surface area contributed by atoms with Crippen LogP contribution in [-0.2, 0) is 10.3 Å². The predicted octanol–water partition coefficient (Wildman–Crippen LogP) is 4.50. The Kier molecular flexibility index (Phi) is 5.54. The van der Waals surface area contributed by atoms with E-state index in [0.29, 0.717) is 10.4 Å². The summed E-state index contributed by atoms with van der Waals surface area (Å²) < 4.78 is 46.6. The molecular formula is C26H17F3N2O4Si. The van der Waals surface area contributed by atoms with Gasteiger partial charge in [-0.15, -0.1) is 0 Å². The lowest BCUT2D eigenvalue weighted by molar-refractivity contribution is -0.110. The van der Waals surface area contributed by atoms with E-state index < -0.39 is 53.7 Å². The number of fused-ring (bicyclic) bond motifs is 2. The highest BCUT2D eigenvalue weighted by Gasteiger charge is 2.47. The minimum atomic E-state index is -2.74. The zero-order valence-electron chi connectivity index (χ0n) is 19.2. The summed E-state index contributed by atoms with van der Waals surface area (Å²) in [5.41, 5.74) is -5.52. The Hall–Kier alpha value is -4.41. The molecule has 0 fully saturated rings. The molecule has 1 aliphatic carbocycles. The van der Waals surface area contributed by atoms with E-state index in [-0.39, 0.29) is 28.2 Å². The van der Waals surface area contributed by atoms with Gasteiger partial charge in [-0.05, 0) is 51.4 Å². The van der Waals surface area contributed by atoms with E-state index in [4.69, 9.17) is 6.57 Å². The lowest BCUT2D eigenvalue weighted by Gasteiger charge is -2.38. The SMILES string of the molecule is [C-]#[N+]C(C)(C#N)c1c(F)c(F)c(C(=O)O)c(C2=C3C=CC(=O)C=C3[Si](C)(C)c3cc(O)ccc32)c1F. The Morgan fingerprint density at radius 1 is 1.17 bits per heavy atom. The van der Waals surface area contributed by atoms with Crippen molar-refractivity contribution in [1.82, 2.24) is 0 Å². The first-order valence-corrected chi connectivity index (χ1v) is 13.6. The molecular weight excluding hydrogens is 489 g/mol. The predicted molar refractivity (Wildman–Crippen MR) is 126 cm³/mol. The maximum absolute atomic E-state index is 16.2. The molecule has 6 nitrogen and oxygen atoms in total. The van der Waals surface area contributed by atoms with Crippen LogP contribution < -0.4 is 5.19 Å². The summed E-state index contributed by atoms with van der Waals surface area (Å²) in [6.45, 7) is 12.0. The molecule has 2 aliphatic rings. The molecule has 1 atom stereocenters. The van der Waals surface area contributed by atoms with Gasteiger partial charge < -0.3 is 10.2 Å². The number of aromatic carboxylic acids is 1. The molecule has 0 aromatic heterocycles. The number of phenols is 1. The number of nitrogens with zero attached hydrogens (tertiary/aromatic N) is 2. The third-order valence-corrected chi connectivity index (χ3v) is 10.1. The van der Waals surface area contributed by atoms with E-state index in [1.165, 1.54) is 42.5 Å². The Morgan fingerprint density at radius 2 is 1.83 bits per heavy atom. The van der Waals surface area contributed by atoms with Crippen LogP contribution in [0.2, 0.25) is 13.1 Å². The largest absolute Gasteiger partial charge is 0.508 e. The van der Waals surface area contributed by atoms with Crippen molar-refractivity contribution < 1.29 is 33.0 Å². The second-order valence-corrected chi connectivity index (χ2v) is 13.4. The Bertz CT molecular complexity index is 1580.